The zero-order chi connectivity index (χ0) is 14.6. The zero-order valence-electron chi connectivity index (χ0n) is 12.5. The highest BCUT2D eigenvalue weighted by atomic mass is 32.1. The molecule has 1 saturated heterocycles. The maximum Gasteiger partial charge on any atom is 0.0826 e. The Morgan fingerprint density at radius 3 is 3.00 bits per heavy atom. The van der Waals surface area contributed by atoms with Crippen molar-refractivity contribution in [3.8, 4) is 0 Å². The summed E-state index contributed by atoms with van der Waals surface area (Å²) in [6.45, 7) is 11.3. The number of hydrogen-bond acceptors (Lipinski definition) is 5. The second-order valence-electron chi connectivity index (χ2n) is 6.20. The van der Waals surface area contributed by atoms with Gasteiger partial charge in [-0.15, -0.1) is 11.7 Å². The number of piperidine rings is 1. The molecule has 1 atom stereocenters. The van der Waals surface area contributed by atoms with E-state index in [4.69, 9.17) is 0 Å². The summed E-state index contributed by atoms with van der Waals surface area (Å²) in [6.07, 6.45) is 5.05. The van der Waals surface area contributed by atoms with Crippen molar-refractivity contribution in [1.29, 1.82) is 0 Å². The standard InChI is InChI=1S/C15H25N3OS/c1-4-6-15(11-19)7-5-8-18(10-15)9-13-14(12(2)3)16-17-20-13/h4,12,19H,1,5-11H2,2-3H3/t15-/m0/s1. The van der Waals surface area contributed by atoms with Gasteiger partial charge in [0, 0.05) is 18.5 Å². The summed E-state index contributed by atoms with van der Waals surface area (Å²) in [7, 11) is 0. The number of aromatic nitrogens is 2. The number of rotatable bonds is 6. The van der Waals surface area contributed by atoms with Crippen molar-refractivity contribution in [3.05, 3.63) is 23.2 Å². The first-order valence-electron chi connectivity index (χ1n) is 7.35. The van der Waals surface area contributed by atoms with Crippen molar-refractivity contribution in [3.63, 3.8) is 0 Å². The third-order valence-electron chi connectivity index (χ3n) is 4.15. The number of aliphatic hydroxyl groups excluding tert-OH is 1. The second kappa shape index (κ2) is 6.78. The highest BCUT2D eigenvalue weighted by Gasteiger charge is 2.34. The van der Waals surface area contributed by atoms with Gasteiger partial charge in [0.25, 0.3) is 0 Å². The molecule has 0 unspecified atom stereocenters. The van der Waals surface area contributed by atoms with Gasteiger partial charge in [0.15, 0.2) is 0 Å². The minimum absolute atomic E-state index is 0.00386. The van der Waals surface area contributed by atoms with E-state index in [1.807, 2.05) is 6.08 Å². The molecule has 0 aliphatic carbocycles. The third-order valence-corrected chi connectivity index (χ3v) is 4.87. The van der Waals surface area contributed by atoms with Gasteiger partial charge >= 0.3 is 0 Å². The van der Waals surface area contributed by atoms with E-state index in [0.717, 1.165) is 44.6 Å². The van der Waals surface area contributed by atoms with Crippen LogP contribution >= 0.6 is 11.5 Å². The third kappa shape index (κ3) is 3.45. The molecule has 2 heterocycles. The molecule has 20 heavy (non-hydrogen) atoms. The normalized spacial score (nSPS) is 24.2. The Morgan fingerprint density at radius 1 is 1.55 bits per heavy atom. The molecule has 0 saturated carbocycles. The molecule has 1 aliphatic rings. The maximum absolute atomic E-state index is 9.76. The van der Waals surface area contributed by atoms with E-state index in [2.05, 4.69) is 34.9 Å². The van der Waals surface area contributed by atoms with Gasteiger partial charge in [-0.25, -0.2) is 0 Å². The van der Waals surface area contributed by atoms with Crippen LogP contribution in [0, 0.1) is 5.41 Å². The first-order chi connectivity index (χ1) is 9.60. The number of likely N-dealkylation sites (tertiary alicyclic amines) is 1. The fourth-order valence-corrected chi connectivity index (χ4v) is 3.92. The molecular weight excluding hydrogens is 270 g/mol. The Labute approximate surface area is 125 Å². The lowest BCUT2D eigenvalue weighted by atomic mass is 9.78. The minimum atomic E-state index is -0.00386. The van der Waals surface area contributed by atoms with E-state index >= 15 is 0 Å². The molecule has 1 aliphatic heterocycles. The van der Waals surface area contributed by atoms with Gasteiger partial charge in [-0.1, -0.05) is 24.4 Å². The molecule has 1 fully saturated rings. The quantitative estimate of drug-likeness (QED) is 0.820. The summed E-state index contributed by atoms with van der Waals surface area (Å²) in [6, 6.07) is 0. The van der Waals surface area contributed by atoms with Crippen LogP contribution in [0.3, 0.4) is 0 Å². The van der Waals surface area contributed by atoms with Crippen LogP contribution in [-0.4, -0.2) is 39.3 Å². The summed E-state index contributed by atoms with van der Waals surface area (Å²) in [4.78, 5) is 3.71. The summed E-state index contributed by atoms with van der Waals surface area (Å²) in [5.41, 5.74) is 1.12. The van der Waals surface area contributed by atoms with Crippen LogP contribution < -0.4 is 0 Å². The molecular formula is C15H25N3OS. The van der Waals surface area contributed by atoms with Crippen molar-refractivity contribution in [2.75, 3.05) is 19.7 Å². The topological polar surface area (TPSA) is 49.2 Å². The lowest BCUT2D eigenvalue weighted by molar-refractivity contribution is 0.0312. The van der Waals surface area contributed by atoms with Crippen molar-refractivity contribution < 1.29 is 5.11 Å². The second-order valence-corrected chi connectivity index (χ2v) is 7.04. The molecule has 0 spiro atoms. The van der Waals surface area contributed by atoms with Gasteiger partial charge in [0.1, 0.15) is 0 Å². The van der Waals surface area contributed by atoms with E-state index in [0.29, 0.717) is 5.92 Å². The summed E-state index contributed by atoms with van der Waals surface area (Å²) < 4.78 is 4.10. The molecule has 1 N–H and O–H groups in total. The summed E-state index contributed by atoms with van der Waals surface area (Å²) >= 11 is 1.51. The monoisotopic (exact) mass is 295 g/mol. The Kier molecular flexibility index (Phi) is 5.29. The first-order valence-corrected chi connectivity index (χ1v) is 8.13. The predicted molar refractivity (Wildman–Crippen MR) is 82.8 cm³/mol. The number of hydrogen-bond donors (Lipinski definition) is 1. The Hall–Kier alpha value is -0.780. The highest BCUT2D eigenvalue weighted by molar-refractivity contribution is 7.05. The Bertz CT molecular complexity index is 446. The van der Waals surface area contributed by atoms with Crippen molar-refractivity contribution in [1.82, 2.24) is 14.5 Å². The van der Waals surface area contributed by atoms with E-state index in [1.165, 1.54) is 16.4 Å². The van der Waals surface area contributed by atoms with Gasteiger partial charge in [0.05, 0.1) is 17.2 Å². The SMILES string of the molecule is C=CC[C@]1(CO)CCCN(Cc2snnc2C(C)C)C1. The van der Waals surface area contributed by atoms with Crippen LogP contribution in [0.15, 0.2) is 12.7 Å². The molecule has 0 radical (unpaired) electrons. The Morgan fingerprint density at radius 2 is 2.35 bits per heavy atom. The van der Waals surface area contributed by atoms with Crippen LogP contribution in [0.25, 0.3) is 0 Å². The number of nitrogens with zero attached hydrogens (tertiary/aromatic N) is 3. The number of aliphatic hydroxyl groups is 1. The van der Waals surface area contributed by atoms with Gasteiger partial charge in [-0.05, 0) is 43.3 Å². The van der Waals surface area contributed by atoms with Crippen LogP contribution in [0.1, 0.15) is 49.6 Å². The van der Waals surface area contributed by atoms with E-state index < -0.39 is 0 Å². The van der Waals surface area contributed by atoms with Crippen molar-refractivity contribution in [2.24, 2.45) is 5.41 Å². The maximum atomic E-state index is 9.76. The number of allylic oxidation sites excluding steroid dienone is 1. The van der Waals surface area contributed by atoms with Crippen LogP contribution in [0.5, 0.6) is 0 Å². The fourth-order valence-electron chi connectivity index (χ4n) is 3.08. The average molecular weight is 295 g/mol. The molecule has 0 bridgehead atoms. The van der Waals surface area contributed by atoms with Gasteiger partial charge in [-0.3, -0.25) is 4.90 Å². The van der Waals surface area contributed by atoms with Crippen LogP contribution in [0.4, 0.5) is 0 Å². The van der Waals surface area contributed by atoms with Crippen LogP contribution in [0.2, 0.25) is 0 Å². The van der Waals surface area contributed by atoms with E-state index in [-0.39, 0.29) is 12.0 Å². The lowest BCUT2D eigenvalue weighted by Crippen LogP contribution is -2.44. The highest BCUT2D eigenvalue weighted by Crippen LogP contribution is 2.34. The van der Waals surface area contributed by atoms with E-state index in [1.54, 1.807) is 0 Å². The van der Waals surface area contributed by atoms with Crippen LogP contribution in [-0.2, 0) is 6.54 Å². The van der Waals surface area contributed by atoms with Gasteiger partial charge in [0.2, 0.25) is 0 Å². The Balaban J connectivity index is 2.05. The summed E-state index contributed by atoms with van der Waals surface area (Å²) in [5.74, 6) is 0.421. The van der Waals surface area contributed by atoms with Crippen molar-refractivity contribution in [2.45, 2.75) is 45.6 Å². The molecule has 4 nitrogen and oxygen atoms in total. The van der Waals surface area contributed by atoms with Gasteiger partial charge < -0.3 is 5.11 Å². The molecule has 0 aromatic carbocycles. The molecule has 5 heteroatoms. The largest absolute Gasteiger partial charge is 0.396 e. The average Bonchev–Trinajstić information content (AvgIpc) is 2.88. The van der Waals surface area contributed by atoms with Gasteiger partial charge in [-0.2, -0.15) is 0 Å². The van der Waals surface area contributed by atoms with Crippen molar-refractivity contribution >= 4 is 11.5 Å². The molecule has 112 valence electrons. The first kappa shape index (κ1) is 15.6. The predicted octanol–water partition coefficient (Wildman–Crippen LogP) is 2.81. The summed E-state index contributed by atoms with van der Waals surface area (Å²) in [5, 5.41) is 14.0. The molecule has 1 aromatic heterocycles. The molecule has 0 amide bonds. The minimum Gasteiger partial charge on any atom is -0.396 e. The zero-order valence-corrected chi connectivity index (χ0v) is 13.3. The lowest BCUT2D eigenvalue weighted by Gasteiger charge is -2.41. The van der Waals surface area contributed by atoms with E-state index in [9.17, 15) is 5.11 Å². The smallest absolute Gasteiger partial charge is 0.0826 e. The fraction of sp³-hybridized carbons (Fsp3) is 0.733. The molecule has 2 rings (SSSR count). The molecule has 1 aromatic rings.